The molecule has 0 aliphatic rings. The zero-order chi connectivity index (χ0) is 32.0. The summed E-state index contributed by atoms with van der Waals surface area (Å²) in [5.74, 6) is -1.09. The Morgan fingerprint density at radius 2 is 1.62 bits per heavy atom. The number of aliphatic carboxylic acids is 1. The van der Waals surface area contributed by atoms with Crippen molar-refractivity contribution in [3.63, 3.8) is 0 Å². The molecule has 0 saturated carbocycles. The van der Waals surface area contributed by atoms with E-state index < -0.39 is 27.9 Å². The van der Waals surface area contributed by atoms with Crippen molar-refractivity contribution in [2.75, 3.05) is 5.75 Å². The molecule has 1 unspecified atom stereocenters. The van der Waals surface area contributed by atoms with Gasteiger partial charge in [-0.15, -0.1) is 23.1 Å². The fourth-order valence-corrected chi connectivity index (χ4v) is 7.74. The highest BCUT2D eigenvalue weighted by molar-refractivity contribution is 7.98. The van der Waals surface area contributed by atoms with Crippen LogP contribution in [0.1, 0.15) is 27.3 Å². The highest BCUT2D eigenvalue weighted by Crippen LogP contribution is 2.30. The van der Waals surface area contributed by atoms with Gasteiger partial charge in [0.2, 0.25) is 0 Å². The molecule has 0 aliphatic carbocycles. The van der Waals surface area contributed by atoms with Crippen molar-refractivity contribution in [1.29, 1.82) is 0 Å². The molecule has 1 atom stereocenters. The Morgan fingerprint density at radius 3 is 2.31 bits per heavy atom. The summed E-state index contributed by atoms with van der Waals surface area (Å²) in [7, 11) is -3.43. The molecule has 0 saturated heterocycles. The predicted molar refractivity (Wildman–Crippen MR) is 178 cm³/mol. The third-order valence-electron chi connectivity index (χ3n) is 6.59. The number of rotatable bonds is 13. The molecule has 1 aromatic heterocycles. The molecule has 45 heavy (non-hydrogen) atoms. The summed E-state index contributed by atoms with van der Waals surface area (Å²) in [6.07, 6.45) is -0.724. The van der Waals surface area contributed by atoms with Gasteiger partial charge in [0.25, 0.3) is 12.1 Å². The first kappa shape index (κ1) is 32.8. The molecule has 13 heteroatoms. The summed E-state index contributed by atoms with van der Waals surface area (Å²) in [6.45, 7) is 0. The van der Waals surface area contributed by atoms with E-state index in [1.54, 1.807) is 83.8 Å². The van der Waals surface area contributed by atoms with E-state index in [9.17, 15) is 23.1 Å². The number of thioether (sulfide) groups is 1. The first-order valence-electron chi connectivity index (χ1n) is 13.6. The van der Waals surface area contributed by atoms with E-state index in [0.717, 1.165) is 25.7 Å². The highest BCUT2D eigenvalue weighted by atomic mass is 35.5. The van der Waals surface area contributed by atoms with Gasteiger partial charge >= 0.3 is 5.97 Å². The van der Waals surface area contributed by atoms with Gasteiger partial charge < -0.3 is 15.2 Å². The third-order valence-corrected chi connectivity index (χ3v) is 11.1. The lowest BCUT2D eigenvalue weighted by Crippen LogP contribution is -2.44. The highest BCUT2D eigenvalue weighted by Gasteiger charge is 2.23. The summed E-state index contributed by atoms with van der Waals surface area (Å²) in [6, 6.07) is 25.1. The number of fused-ring (bicyclic) bond motifs is 1. The number of nitrogens with one attached hydrogen (secondary N) is 1. The number of hydrogen-bond donors (Lipinski definition) is 2. The number of nitrogens with zero attached hydrogens (tertiary/aromatic N) is 1. The average molecular weight is 702 g/mol. The molecular formula is C32H26Cl2N2O6S3. The summed E-state index contributed by atoms with van der Waals surface area (Å²) in [5.41, 5.74) is 2.00. The van der Waals surface area contributed by atoms with E-state index in [4.69, 9.17) is 27.9 Å². The van der Waals surface area contributed by atoms with Crippen LogP contribution in [0, 0.1) is 0 Å². The number of sulfone groups is 1. The molecule has 4 aromatic carbocycles. The molecule has 0 aliphatic heterocycles. The van der Waals surface area contributed by atoms with E-state index in [-0.39, 0.29) is 22.0 Å². The van der Waals surface area contributed by atoms with E-state index in [1.165, 1.54) is 12.1 Å². The number of carboxylic acids is 1. The molecule has 2 N–H and O–H groups in total. The number of hydrogen-bond acceptors (Lipinski definition) is 8. The van der Waals surface area contributed by atoms with Gasteiger partial charge in [-0.1, -0.05) is 35.3 Å². The van der Waals surface area contributed by atoms with Crippen LogP contribution >= 0.6 is 46.3 Å². The van der Waals surface area contributed by atoms with Crippen molar-refractivity contribution in [3.05, 3.63) is 117 Å². The zero-order valence-electron chi connectivity index (χ0n) is 23.5. The number of benzene rings is 4. The van der Waals surface area contributed by atoms with E-state index >= 15 is 0 Å². The first-order valence-corrected chi connectivity index (χ1v) is 17.8. The Morgan fingerprint density at radius 1 is 0.933 bits per heavy atom. The van der Waals surface area contributed by atoms with Crippen molar-refractivity contribution in [1.82, 2.24) is 10.3 Å². The molecule has 0 spiro atoms. The number of amides is 1. The Kier molecular flexibility index (Phi) is 10.7. The molecule has 5 rings (SSSR count). The quantitative estimate of drug-likeness (QED) is 0.0955. The second-order valence-corrected chi connectivity index (χ2v) is 15.0. The maximum Gasteiger partial charge on any atom is 0.366 e. The topological polar surface area (TPSA) is 123 Å². The van der Waals surface area contributed by atoms with Gasteiger partial charge in [0.15, 0.2) is 9.84 Å². The molecule has 232 valence electrons. The lowest BCUT2D eigenvalue weighted by atomic mass is 10.1. The summed E-state index contributed by atoms with van der Waals surface area (Å²) in [5, 5.41) is 14.1. The van der Waals surface area contributed by atoms with Gasteiger partial charge in [0.1, 0.15) is 10.8 Å². The number of halogens is 2. The molecule has 1 heterocycles. The van der Waals surface area contributed by atoms with Crippen LogP contribution < -0.4 is 10.1 Å². The van der Waals surface area contributed by atoms with Gasteiger partial charge in [-0.2, -0.15) is 0 Å². The number of aryl methyl sites for hydroxylation is 1. The average Bonchev–Trinajstić information content (AvgIpc) is 3.43. The molecule has 0 radical (unpaired) electrons. The minimum absolute atomic E-state index is 0.0292. The smallest absolute Gasteiger partial charge is 0.366 e. The molecule has 0 fully saturated rings. The maximum absolute atomic E-state index is 12.8. The Bertz CT molecular complexity index is 1910. The summed E-state index contributed by atoms with van der Waals surface area (Å²) in [4.78, 5) is 30.4. The fourth-order valence-electron chi connectivity index (χ4n) is 4.30. The number of aromatic nitrogens is 1. The summed E-state index contributed by atoms with van der Waals surface area (Å²) >= 11 is 15.1. The first-order chi connectivity index (χ1) is 21.6. The second kappa shape index (κ2) is 14.7. The lowest BCUT2D eigenvalue weighted by molar-refractivity contribution is -0.146. The third kappa shape index (κ3) is 8.99. The monoisotopic (exact) mass is 700 g/mol. The predicted octanol–water partition coefficient (Wildman–Crippen LogP) is 7.52. The Hall–Kier alpha value is -3.61. The van der Waals surface area contributed by atoms with Crippen LogP contribution in [0.25, 0.3) is 10.2 Å². The molecule has 8 nitrogen and oxygen atoms in total. The number of carbonyl (C=O) groups excluding carboxylic acids is 1. The second-order valence-electron chi connectivity index (χ2n) is 9.86. The van der Waals surface area contributed by atoms with Crippen molar-refractivity contribution >= 4 is 78.2 Å². The van der Waals surface area contributed by atoms with Crippen LogP contribution in [0.2, 0.25) is 10.0 Å². The number of carboxylic acid groups (broad SMARTS) is 1. The van der Waals surface area contributed by atoms with Crippen molar-refractivity contribution < 1.29 is 27.9 Å². The van der Waals surface area contributed by atoms with Gasteiger partial charge in [0, 0.05) is 20.5 Å². The molecule has 1 amide bonds. The summed E-state index contributed by atoms with van der Waals surface area (Å²) < 4.78 is 31.7. The fraction of sp³-hybridized carbons (Fsp3) is 0.156. The standard InChI is InChI=1S/C32H26Cl2N2O6S3/c33-22-7-14-26(15-8-22)45(40,41)17-1-2-20-3-10-24(11-4-20)42-31(32(38)39)36-30(37)21-5-12-25(13-6-21)43-19-29-35-27-18-23(34)9-16-28(27)44-29/h3-16,18,31H,1-2,17,19H2,(H,36,37)(H,38,39). The molecule has 5 aromatic rings. The maximum atomic E-state index is 12.8. The van der Waals surface area contributed by atoms with Crippen LogP contribution in [0.3, 0.4) is 0 Å². The minimum atomic E-state index is -3.43. The Labute approximate surface area is 278 Å². The molecular weight excluding hydrogens is 675 g/mol. The van der Waals surface area contributed by atoms with Gasteiger partial charge in [-0.05, 0) is 97.3 Å². The van der Waals surface area contributed by atoms with Gasteiger partial charge in [-0.3, -0.25) is 4.79 Å². The van der Waals surface area contributed by atoms with Crippen molar-refractivity contribution in [2.24, 2.45) is 0 Å². The number of ether oxygens (including phenoxy) is 1. The normalized spacial score (nSPS) is 12.1. The van der Waals surface area contributed by atoms with E-state index in [1.807, 2.05) is 18.2 Å². The van der Waals surface area contributed by atoms with Crippen LogP contribution in [0.5, 0.6) is 5.75 Å². The van der Waals surface area contributed by atoms with E-state index in [0.29, 0.717) is 28.6 Å². The van der Waals surface area contributed by atoms with Crippen LogP contribution in [0.15, 0.2) is 101 Å². The van der Waals surface area contributed by atoms with Gasteiger partial charge in [0.05, 0.1) is 26.6 Å². The zero-order valence-corrected chi connectivity index (χ0v) is 27.4. The minimum Gasteiger partial charge on any atom is -0.477 e. The van der Waals surface area contributed by atoms with Crippen LogP contribution in [0.4, 0.5) is 0 Å². The van der Waals surface area contributed by atoms with E-state index in [2.05, 4.69) is 10.3 Å². The number of thiazole rings is 1. The number of carbonyl (C=O) groups is 2. The Balaban J connectivity index is 1.11. The van der Waals surface area contributed by atoms with Crippen molar-refractivity contribution in [3.8, 4) is 5.75 Å². The van der Waals surface area contributed by atoms with Crippen LogP contribution in [-0.4, -0.2) is 42.4 Å². The van der Waals surface area contributed by atoms with Crippen LogP contribution in [-0.2, 0) is 26.8 Å². The molecule has 0 bridgehead atoms. The lowest BCUT2D eigenvalue weighted by Gasteiger charge is -2.17. The SMILES string of the molecule is O=C(NC(Oc1ccc(CCCS(=O)(=O)c2ccc(Cl)cc2)cc1)C(=O)O)c1ccc(SCc2nc3cc(Cl)ccc3s2)cc1. The van der Waals surface area contributed by atoms with Gasteiger partial charge in [-0.25, -0.2) is 18.2 Å². The van der Waals surface area contributed by atoms with Crippen molar-refractivity contribution in [2.45, 2.75) is 34.6 Å². The largest absolute Gasteiger partial charge is 0.477 e.